The van der Waals surface area contributed by atoms with Gasteiger partial charge in [-0.15, -0.1) is 0 Å². The molecule has 0 aromatic rings. The lowest BCUT2D eigenvalue weighted by atomic mass is 10.0. The van der Waals surface area contributed by atoms with Crippen molar-refractivity contribution in [2.45, 2.75) is 45.1 Å². The molecule has 1 rings (SSSR count). The SMILES string of the molecule is CCCCNC(=O)[C@@H]1CCCCN1. The van der Waals surface area contributed by atoms with Crippen LogP contribution in [0.25, 0.3) is 0 Å². The molecule has 0 radical (unpaired) electrons. The van der Waals surface area contributed by atoms with Crippen LogP contribution in [0.1, 0.15) is 39.0 Å². The van der Waals surface area contributed by atoms with E-state index in [4.69, 9.17) is 0 Å². The van der Waals surface area contributed by atoms with Crippen LogP contribution in [0.15, 0.2) is 0 Å². The second-order valence-corrected chi connectivity index (χ2v) is 3.65. The third-order valence-electron chi connectivity index (χ3n) is 2.46. The molecule has 13 heavy (non-hydrogen) atoms. The van der Waals surface area contributed by atoms with Crippen molar-refractivity contribution in [1.82, 2.24) is 10.6 Å². The maximum Gasteiger partial charge on any atom is 0.237 e. The van der Waals surface area contributed by atoms with E-state index in [2.05, 4.69) is 17.6 Å². The maximum absolute atomic E-state index is 11.5. The van der Waals surface area contributed by atoms with Gasteiger partial charge in [0, 0.05) is 6.54 Å². The molecule has 0 bridgehead atoms. The summed E-state index contributed by atoms with van der Waals surface area (Å²) in [6.45, 7) is 3.95. The third kappa shape index (κ3) is 3.77. The van der Waals surface area contributed by atoms with Crippen LogP contribution in [0.2, 0.25) is 0 Å². The summed E-state index contributed by atoms with van der Waals surface area (Å²) in [5, 5.41) is 6.19. The molecule has 0 aliphatic carbocycles. The van der Waals surface area contributed by atoms with E-state index in [0.717, 1.165) is 32.4 Å². The van der Waals surface area contributed by atoms with Crippen molar-refractivity contribution in [3.05, 3.63) is 0 Å². The summed E-state index contributed by atoms with van der Waals surface area (Å²) >= 11 is 0. The molecule has 0 aromatic heterocycles. The summed E-state index contributed by atoms with van der Waals surface area (Å²) in [5.41, 5.74) is 0. The summed E-state index contributed by atoms with van der Waals surface area (Å²) in [6.07, 6.45) is 5.60. The standard InChI is InChI=1S/C10H20N2O/c1-2-3-7-12-10(13)9-6-4-5-8-11-9/h9,11H,2-8H2,1H3,(H,12,13)/t9-/m0/s1. The molecular weight excluding hydrogens is 164 g/mol. The fraction of sp³-hybridized carbons (Fsp3) is 0.900. The van der Waals surface area contributed by atoms with Crippen molar-refractivity contribution >= 4 is 5.91 Å². The second kappa shape index (κ2) is 5.97. The van der Waals surface area contributed by atoms with Crippen molar-refractivity contribution in [3.8, 4) is 0 Å². The quantitative estimate of drug-likeness (QED) is 0.641. The fourth-order valence-corrected chi connectivity index (χ4v) is 1.59. The van der Waals surface area contributed by atoms with Crippen LogP contribution in [-0.4, -0.2) is 25.0 Å². The highest BCUT2D eigenvalue weighted by atomic mass is 16.2. The molecule has 1 saturated heterocycles. The zero-order chi connectivity index (χ0) is 9.52. The van der Waals surface area contributed by atoms with E-state index < -0.39 is 0 Å². The number of hydrogen-bond donors (Lipinski definition) is 2. The Morgan fingerprint density at radius 2 is 2.38 bits per heavy atom. The lowest BCUT2D eigenvalue weighted by Crippen LogP contribution is -2.46. The van der Waals surface area contributed by atoms with Gasteiger partial charge in [0.15, 0.2) is 0 Å². The molecule has 0 aromatic carbocycles. The summed E-state index contributed by atoms with van der Waals surface area (Å²) < 4.78 is 0. The minimum Gasteiger partial charge on any atom is -0.355 e. The molecule has 1 aliphatic rings. The van der Waals surface area contributed by atoms with Gasteiger partial charge < -0.3 is 10.6 Å². The zero-order valence-corrected chi connectivity index (χ0v) is 8.44. The van der Waals surface area contributed by atoms with Crippen molar-refractivity contribution < 1.29 is 4.79 Å². The first-order valence-corrected chi connectivity index (χ1v) is 5.35. The van der Waals surface area contributed by atoms with Gasteiger partial charge in [-0.05, 0) is 25.8 Å². The number of hydrogen-bond acceptors (Lipinski definition) is 2. The minimum atomic E-state index is 0.0746. The Labute approximate surface area is 80.3 Å². The number of piperidine rings is 1. The lowest BCUT2D eigenvalue weighted by Gasteiger charge is -2.22. The number of carbonyl (C=O) groups excluding carboxylic acids is 1. The van der Waals surface area contributed by atoms with Gasteiger partial charge in [-0.25, -0.2) is 0 Å². The molecule has 1 amide bonds. The Morgan fingerprint density at radius 1 is 1.54 bits per heavy atom. The van der Waals surface area contributed by atoms with E-state index >= 15 is 0 Å². The highest BCUT2D eigenvalue weighted by Gasteiger charge is 2.19. The highest BCUT2D eigenvalue weighted by molar-refractivity contribution is 5.81. The van der Waals surface area contributed by atoms with Gasteiger partial charge in [-0.1, -0.05) is 19.8 Å². The fourth-order valence-electron chi connectivity index (χ4n) is 1.59. The molecule has 76 valence electrons. The van der Waals surface area contributed by atoms with Crippen molar-refractivity contribution in [2.75, 3.05) is 13.1 Å². The van der Waals surface area contributed by atoms with Gasteiger partial charge in [0.1, 0.15) is 0 Å². The first kappa shape index (κ1) is 10.5. The Kier molecular flexibility index (Phi) is 4.83. The van der Waals surface area contributed by atoms with E-state index in [9.17, 15) is 4.79 Å². The molecule has 2 N–H and O–H groups in total. The predicted octanol–water partition coefficient (Wildman–Crippen LogP) is 1.04. The minimum absolute atomic E-state index is 0.0746. The molecule has 3 heteroatoms. The summed E-state index contributed by atoms with van der Waals surface area (Å²) in [4.78, 5) is 11.5. The van der Waals surface area contributed by atoms with E-state index in [1.54, 1.807) is 0 Å². The lowest BCUT2D eigenvalue weighted by molar-refractivity contribution is -0.123. The molecule has 1 atom stereocenters. The van der Waals surface area contributed by atoms with Crippen molar-refractivity contribution in [3.63, 3.8) is 0 Å². The molecule has 1 aliphatic heterocycles. The van der Waals surface area contributed by atoms with Gasteiger partial charge in [0.05, 0.1) is 6.04 Å². The van der Waals surface area contributed by atoms with Gasteiger partial charge in [0.25, 0.3) is 0 Å². The number of carbonyl (C=O) groups is 1. The van der Waals surface area contributed by atoms with Crippen molar-refractivity contribution in [2.24, 2.45) is 0 Å². The van der Waals surface area contributed by atoms with Crippen LogP contribution in [0.3, 0.4) is 0 Å². The Hall–Kier alpha value is -0.570. The molecule has 0 spiro atoms. The second-order valence-electron chi connectivity index (χ2n) is 3.65. The van der Waals surface area contributed by atoms with Crippen LogP contribution >= 0.6 is 0 Å². The average molecular weight is 184 g/mol. The number of unbranched alkanes of at least 4 members (excludes halogenated alkanes) is 1. The van der Waals surface area contributed by atoms with Crippen LogP contribution < -0.4 is 10.6 Å². The molecule has 3 nitrogen and oxygen atoms in total. The van der Waals surface area contributed by atoms with E-state index in [-0.39, 0.29) is 11.9 Å². The molecule has 1 fully saturated rings. The first-order chi connectivity index (χ1) is 6.34. The highest BCUT2D eigenvalue weighted by Crippen LogP contribution is 2.06. The van der Waals surface area contributed by atoms with Gasteiger partial charge in [-0.3, -0.25) is 4.79 Å². The van der Waals surface area contributed by atoms with Gasteiger partial charge in [-0.2, -0.15) is 0 Å². The normalized spacial score (nSPS) is 22.7. The van der Waals surface area contributed by atoms with Gasteiger partial charge in [0.2, 0.25) is 5.91 Å². The molecule has 1 heterocycles. The van der Waals surface area contributed by atoms with E-state index in [1.807, 2.05) is 0 Å². The first-order valence-electron chi connectivity index (χ1n) is 5.35. The van der Waals surface area contributed by atoms with E-state index in [1.165, 1.54) is 12.8 Å². The van der Waals surface area contributed by atoms with Crippen LogP contribution in [-0.2, 0) is 4.79 Å². The van der Waals surface area contributed by atoms with E-state index in [0.29, 0.717) is 0 Å². The van der Waals surface area contributed by atoms with Crippen LogP contribution in [0.5, 0.6) is 0 Å². The Morgan fingerprint density at radius 3 is 3.00 bits per heavy atom. The number of nitrogens with one attached hydrogen (secondary N) is 2. The maximum atomic E-state index is 11.5. The summed E-state index contributed by atoms with van der Waals surface area (Å²) in [6, 6.07) is 0.0746. The average Bonchev–Trinajstić information content (AvgIpc) is 2.19. The monoisotopic (exact) mass is 184 g/mol. The largest absolute Gasteiger partial charge is 0.355 e. The number of amides is 1. The Bertz CT molecular complexity index is 153. The molecule has 0 unspecified atom stereocenters. The smallest absolute Gasteiger partial charge is 0.237 e. The zero-order valence-electron chi connectivity index (χ0n) is 8.44. The number of rotatable bonds is 4. The van der Waals surface area contributed by atoms with Gasteiger partial charge >= 0.3 is 0 Å². The summed E-state index contributed by atoms with van der Waals surface area (Å²) in [5.74, 6) is 0.188. The molecular formula is C10H20N2O. The third-order valence-corrected chi connectivity index (χ3v) is 2.46. The molecule has 0 saturated carbocycles. The van der Waals surface area contributed by atoms with Crippen LogP contribution in [0, 0.1) is 0 Å². The Balaban J connectivity index is 2.13. The van der Waals surface area contributed by atoms with Crippen LogP contribution in [0.4, 0.5) is 0 Å². The topological polar surface area (TPSA) is 41.1 Å². The van der Waals surface area contributed by atoms with Crippen molar-refractivity contribution in [1.29, 1.82) is 0 Å². The summed E-state index contributed by atoms with van der Waals surface area (Å²) in [7, 11) is 0. The predicted molar refractivity (Wildman–Crippen MR) is 53.6 cm³/mol.